The number of aromatic amines is 1. The minimum atomic E-state index is 0.137. The van der Waals surface area contributed by atoms with E-state index in [0.29, 0.717) is 6.54 Å². The van der Waals surface area contributed by atoms with Crippen LogP contribution >= 0.6 is 0 Å². The Labute approximate surface area is 69.5 Å². The minimum Gasteiger partial charge on any atom is -0.350 e. The van der Waals surface area contributed by atoms with Crippen LogP contribution in [0.15, 0.2) is 6.20 Å². The Balaban J connectivity index is 1.78. The summed E-state index contributed by atoms with van der Waals surface area (Å²) in [5, 5.41) is 12.7. The van der Waals surface area contributed by atoms with E-state index < -0.39 is 0 Å². The molecule has 0 spiro atoms. The molecule has 0 saturated heterocycles. The average molecular weight is 166 g/mol. The summed E-state index contributed by atoms with van der Waals surface area (Å²) in [5.74, 6) is 0.398. The summed E-state index contributed by atoms with van der Waals surface area (Å²) in [7, 11) is 0. The van der Waals surface area contributed by atoms with Crippen LogP contribution in [0.2, 0.25) is 0 Å². The molecule has 0 atom stereocenters. The lowest BCUT2D eigenvalue weighted by molar-refractivity contribution is -0.122. The highest BCUT2D eigenvalue weighted by Crippen LogP contribution is 2.28. The van der Waals surface area contributed by atoms with Crippen molar-refractivity contribution in [3.8, 4) is 0 Å². The molecular weight excluding hydrogens is 156 g/mol. The molecular formula is C7H10N4O. The van der Waals surface area contributed by atoms with Crippen LogP contribution in [0.3, 0.4) is 0 Å². The molecule has 1 aromatic heterocycles. The fraction of sp³-hybridized carbons (Fsp3) is 0.571. The second kappa shape index (κ2) is 2.92. The summed E-state index contributed by atoms with van der Waals surface area (Å²) < 4.78 is 0. The van der Waals surface area contributed by atoms with Gasteiger partial charge in [-0.3, -0.25) is 4.79 Å². The van der Waals surface area contributed by atoms with Gasteiger partial charge in [-0.15, -0.1) is 0 Å². The maximum atomic E-state index is 11.1. The quantitative estimate of drug-likeness (QED) is 0.655. The molecule has 1 aliphatic carbocycles. The number of hydrogen-bond donors (Lipinski definition) is 2. The number of rotatable bonds is 3. The molecule has 1 fully saturated rings. The topological polar surface area (TPSA) is 70.7 Å². The largest absolute Gasteiger partial charge is 0.350 e. The van der Waals surface area contributed by atoms with Crippen molar-refractivity contribution in [3.05, 3.63) is 11.9 Å². The van der Waals surface area contributed by atoms with Crippen molar-refractivity contribution in [1.29, 1.82) is 0 Å². The van der Waals surface area contributed by atoms with Crippen LogP contribution in [-0.4, -0.2) is 21.3 Å². The van der Waals surface area contributed by atoms with E-state index in [0.717, 1.165) is 18.5 Å². The normalized spacial score (nSPS) is 16.0. The van der Waals surface area contributed by atoms with E-state index in [9.17, 15) is 4.79 Å². The third-order valence-corrected chi connectivity index (χ3v) is 1.86. The number of amides is 1. The number of nitrogens with zero attached hydrogens (tertiary/aromatic N) is 2. The summed E-state index contributed by atoms with van der Waals surface area (Å²) in [5.41, 5.74) is 0.768. The van der Waals surface area contributed by atoms with Gasteiger partial charge < -0.3 is 5.32 Å². The summed E-state index contributed by atoms with van der Waals surface area (Å²) in [6.45, 7) is 0.478. The first-order valence-electron chi connectivity index (χ1n) is 3.98. The smallest absolute Gasteiger partial charge is 0.223 e. The van der Waals surface area contributed by atoms with E-state index in [1.165, 1.54) is 0 Å². The molecule has 0 radical (unpaired) electrons. The molecule has 12 heavy (non-hydrogen) atoms. The maximum Gasteiger partial charge on any atom is 0.223 e. The van der Waals surface area contributed by atoms with E-state index in [-0.39, 0.29) is 11.8 Å². The van der Waals surface area contributed by atoms with Crippen LogP contribution in [-0.2, 0) is 11.3 Å². The van der Waals surface area contributed by atoms with Crippen molar-refractivity contribution in [1.82, 2.24) is 20.7 Å². The van der Waals surface area contributed by atoms with E-state index in [1.807, 2.05) is 0 Å². The molecule has 0 bridgehead atoms. The zero-order chi connectivity index (χ0) is 8.39. The highest BCUT2D eigenvalue weighted by atomic mass is 16.2. The van der Waals surface area contributed by atoms with E-state index in [4.69, 9.17) is 0 Å². The molecule has 2 N–H and O–H groups in total. The fourth-order valence-corrected chi connectivity index (χ4v) is 0.978. The van der Waals surface area contributed by atoms with Gasteiger partial charge in [0.2, 0.25) is 5.91 Å². The average Bonchev–Trinajstić information content (AvgIpc) is 2.80. The Hall–Kier alpha value is -1.39. The second-order valence-electron chi connectivity index (χ2n) is 2.95. The third-order valence-electron chi connectivity index (χ3n) is 1.86. The molecule has 2 rings (SSSR count). The predicted molar refractivity (Wildman–Crippen MR) is 41.0 cm³/mol. The number of hydrogen-bond acceptors (Lipinski definition) is 3. The maximum absolute atomic E-state index is 11.1. The SMILES string of the molecule is O=C(NCc1cn[nH]n1)C1CC1. The lowest BCUT2D eigenvalue weighted by Crippen LogP contribution is -2.24. The molecule has 0 aliphatic heterocycles. The zero-order valence-corrected chi connectivity index (χ0v) is 6.58. The van der Waals surface area contributed by atoms with E-state index in [2.05, 4.69) is 20.7 Å². The van der Waals surface area contributed by atoms with E-state index >= 15 is 0 Å². The van der Waals surface area contributed by atoms with Gasteiger partial charge in [-0.05, 0) is 12.8 Å². The van der Waals surface area contributed by atoms with Crippen molar-refractivity contribution in [2.75, 3.05) is 0 Å². The molecule has 1 amide bonds. The van der Waals surface area contributed by atoms with Gasteiger partial charge in [0, 0.05) is 5.92 Å². The second-order valence-corrected chi connectivity index (χ2v) is 2.95. The molecule has 1 heterocycles. The molecule has 5 nitrogen and oxygen atoms in total. The summed E-state index contributed by atoms with van der Waals surface area (Å²) >= 11 is 0. The van der Waals surface area contributed by atoms with Crippen molar-refractivity contribution in [3.63, 3.8) is 0 Å². The van der Waals surface area contributed by atoms with Crippen LogP contribution in [0.5, 0.6) is 0 Å². The molecule has 64 valence electrons. The van der Waals surface area contributed by atoms with Gasteiger partial charge in [-0.25, -0.2) is 0 Å². The highest BCUT2D eigenvalue weighted by molar-refractivity contribution is 5.80. The lowest BCUT2D eigenvalue weighted by Gasteiger charge is -1.99. The number of nitrogens with one attached hydrogen (secondary N) is 2. The first-order chi connectivity index (χ1) is 5.86. The summed E-state index contributed by atoms with van der Waals surface area (Å²) in [4.78, 5) is 11.1. The van der Waals surface area contributed by atoms with Crippen LogP contribution < -0.4 is 5.32 Å². The van der Waals surface area contributed by atoms with Crippen LogP contribution in [0.25, 0.3) is 0 Å². The zero-order valence-electron chi connectivity index (χ0n) is 6.58. The molecule has 0 unspecified atom stereocenters. The lowest BCUT2D eigenvalue weighted by atomic mass is 10.4. The monoisotopic (exact) mass is 166 g/mol. The minimum absolute atomic E-state index is 0.137. The van der Waals surface area contributed by atoms with Crippen LogP contribution in [0.4, 0.5) is 0 Å². The Morgan fingerprint density at radius 2 is 2.58 bits per heavy atom. The Bertz CT molecular complexity index is 265. The van der Waals surface area contributed by atoms with Gasteiger partial charge in [0.15, 0.2) is 0 Å². The molecule has 1 aliphatic rings. The number of aromatic nitrogens is 3. The molecule has 1 saturated carbocycles. The predicted octanol–water partition coefficient (Wildman–Crippen LogP) is -0.169. The van der Waals surface area contributed by atoms with Crippen molar-refractivity contribution >= 4 is 5.91 Å². The van der Waals surface area contributed by atoms with Crippen LogP contribution in [0.1, 0.15) is 18.5 Å². The van der Waals surface area contributed by atoms with Gasteiger partial charge in [0.1, 0.15) is 5.69 Å². The van der Waals surface area contributed by atoms with Gasteiger partial charge in [0.25, 0.3) is 0 Å². The van der Waals surface area contributed by atoms with Gasteiger partial charge in [-0.2, -0.15) is 15.4 Å². The molecule has 0 aromatic carbocycles. The fourth-order valence-electron chi connectivity index (χ4n) is 0.978. The Morgan fingerprint density at radius 3 is 3.17 bits per heavy atom. The highest BCUT2D eigenvalue weighted by Gasteiger charge is 2.29. The Morgan fingerprint density at radius 1 is 1.75 bits per heavy atom. The molecule has 5 heteroatoms. The first-order valence-corrected chi connectivity index (χ1v) is 3.98. The number of H-pyrrole nitrogens is 1. The van der Waals surface area contributed by atoms with Gasteiger partial charge in [0.05, 0.1) is 12.7 Å². The Kier molecular flexibility index (Phi) is 1.77. The summed E-state index contributed by atoms with van der Waals surface area (Å²) in [6.07, 6.45) is 3.67. The van der Waals surface area contributed by atoms with Crippen molar-refractivity contribution in [2.24, 2.45) is 5.92 Å². The van der Waals surface area contributed by atoms with E-state index in [1.54, 1.807) is 6.20 Å². The van der Waals surface area contributed by atoms with Gasteiger partial charge in [-0.1, -0.05) is 0 Å². The van der Waals surface area contributed by atoms with Crippen molar-refractivity contribution in [2.45, 2.75) is 19.4 Å². The van der Waals surface area contributed by atoms with Crippen LogP contribution in [0, 0.1) is 5.92 Å². The third kappa shape index (κ3) is 1.61. The number of carbonyl (C=O) groups excluding carboxylic acids is 1. The number of carbonyl (C=O) groups is 1. The van der Waals surface area contributed by atoms with Gasteiger partial charge >= 0.3 is 0 Å². The molecule has 1 aromatic rings. The standard InChI is InChI=1S/C7H10N4O/c12-7(5-1-2-5)8-3-6-4-9-11-10-6/h4-5H,1-3H2,(H,8,12)(H,9,10,11). The first kappa shape index (κ1) is 7.27. The van der Waals surface area contributed by atoms with Crippen molar-refractivity contribution < 1.29 is 4.79 Å². The summed E-state index contributed by atoms with van der Waals surface area (Å²) in [6, 6.07) is 0.